The monoisotopic (exact) mass is 396 g/mol. The van der Waals surface area contributed by atoms with Crippen LogP contribution in [-0.4, -0.2) is 40.8 Å². The summed E-state index contributed by atoms with van der Waals surface area (Å²) in [7, 11) is 0. The number of nitrogens with zero attached hydrogens (tertiary/aromatic N) is 3. The fraction of sp³-hybridized carbons (Fsp3) is 0.389. The fourth-order valence-electron chi connectivity index (χ4n) is 2.79. The molecule has 28 heavy (non-hydrogen) atoms. The number of para-hydroxylation sites is 2. The summed E-state index contributed by atoms with van der Waals surface area (Å²) in [5.74, 6) is -0.497. The molecular formula is C18H19F3N4O3. The van der Waals surface area contributed by atoms with Crippen molar-refractivity contribution >= 4 is 17.5 Å². The molecule has 3 rings (SSSR count). The SMILES string of the molecule is CCCNC(=O)[C@H]1CN(C(=O)Cn2ccc(C(F)(F)F)n2)c2ccccc2O1. The molecule has 150 valence electrons. The van der Waals surface area contributed by atoms with Crippen LogP contribution in [0.15, 0.2) is 36.5 Å². The van der Waals surface area contributed by atoms with E-state index in [-0.39, 0.29) is 12.5 Å². The lowest BCUT2D eigenvalue weighted by atomic mass is 10.1. The Morgan fingerprint density at radius 2 is 2.04 bits per heavy atom. The number of rotatable bonds is 5. The van der Waals surface area contributed by atoms with Crippen molar-refractivity contribution in [1.29, 1.82) is 0 Å². The summed E-state index contributed by atoms with van der Waals surface area (Å²) in [6.45, 7) is 1.95. The van der Waals surface area contributed by atoms with Crippen LogP contribution in [0.25, 0.3) is 0 Å². The van der Waals surface area contributed by atoms with Gasteiger partial charge in [-0.15, -0.1) is 0 Å². The van der Waals surface area contributed by atoms with Crippen molar-refractivity contribution in [2.75, 3.05) is 18.0 Å². The molecule has 2 aromatic rings. The van der Waals surface area contributed by atoms with E-state index >= 15 is 0 Å². The smallest absolute Gasteiger partial charge is 0.435 e. The van der Waals surface area contributed by atoms with Gasteiger partial charge < -0.3 is 15.0 Å². The van der Waals surface area contributed by atoms with E-state index in [0.29, 0.717) is 18.0 Å². The Balaban J connectivity index is 1.79. The van der Waals surface area contributed by atoms with Gasteiger partial charge in [0.25, 0.3) is 5.91 Å². The molecule has 1 atom stereocenters. The highest BCUT2D eigenvalue weighted by molar-refractivity contribution is 5.97. The molecule has 1 aromatic heterocycles. The third kappa shape index (κ3) is 4.26. The van der Waals surface area contributed by atoms with E-state index in [4.69, 9.17) is 4.74 Å². The van der Waals surface area contributed by atoms with Crippen LogP contribution in [0.2, 0.25) is 0 Å². The first-order valence-electron chi connectivity index (χ1n) is 8.74. The number of aromatic nitrogens is 2. The molecule has 0 bridgehead atoms. The van der Waals surface area contributed by atoms with E-state index < -0.39 is 30.4 Å². The van der Waals surface area contributed by atoms with Crippen molar-refractivity contribution in [3.05, 3.63) is 42.2 Å². The highest BCUT2D eigenvalue weighted by atomic mass is 19.4. The van der Waals surface area contributed by atoms with Crippen molar-refractivity contribution in [2.45, 2.75) is 32.2 Å². The lowest BCUT2D eigenvalue weighted by Gasteiger charge is -2.34. The molecule has 7 nitrogen and oxygen atoms in total. The van der Waals surface area contributed by atoms with Crippen LogP contribution in [0.5, 0.6) is 5.75 Å². The number of carbonyl (C=O) groups excluding carboxylic acids is 2. The number of carbonyl (C=O) groups is 2. The summed E-state index contributed by atoms with van der Waals surface area (Å²) in [6, 6.07) is 7.50. The molecule has 0 saturated heterocycles. The van der Waals surface area contributed by atoms with E-state index in [0.717, 1.165) is 23.4 Å². The lowest BCUT2D eigenvalue weighted by Crippen LogP contribution is -2.51. The molecule has 1 N–H and O–H groups in total. The van der Waals surface area contributed by atoms with Crippen LogP contribution in [0.1, 0.15) is 19.0 Å². The van der Waals surface area contributed by atoms with Gasteiger partial charge in [0.1, 0.15) is 12.3 Å². The van der Waals surface area contributed by atoms with E-state index in [9.17, 15) is 22.8 Å². The van der Waals surface area contributed by atoms with Gasteiger partial charge in [0.15, 0.2) is 11.8 Å². The first-order chi connectivity index (χ1) is 13.3. The van der Waals surface area contributed by atoms with Crippen molar-refractivity contribution in [3.8, 4) is 5.75 Å². The third-order valence-corrected chi connectivity index (χ3v) is 4.14. The summed E-state index contributed by atoms with van der Waals surface area (Å²) in [5, 5.41) is 6.12. The molecule has 0 saturated carbocycles. The van der Waals surface area contributed by atoms with Crippen LogP contribution in [0.4, 0.5) is 18.9 Å². The average molecular weight is 396 g/mol. The van der Waals surface area contributed by atoms with Crippen LogP contribution in [0.3, 0.4) is 0 Å². The molecule has 1 aliphatic rings. The largest absolute Gasteiger partial charge is 0.477 e. The number of benzene rings is 1. The quantitative estimate of drug-likeness (QED) is 0.841. The Morgan fingerprint density at radius 3 is 2.71 bits per heavy atom. The van der Waals surface area contributed by atoms with Gasteiger partial charge in [-0.3, -0.25) is 14.3 Å². The number of hydrogen-bond acceptors (Lipinski definition) is 4. The molecule has 0 spiro atoms. The molecule has 0 aliphatic carbocycles. The van der Waals surface area contributed by atoms with Gasteiger partial charge >= 0.3 is 6.18 Å². The predicted molar refractivity (Wildman–Crippen MR) is 93.7 cm³/mol. The zero-order valence-electron chi connectivity index (χ0n) is 15.1. The molecule has 0 radical (unpaired) electrons. The Bertz CT molecular complexity index is 866. The van der Waals surface area contributed by atoms with Gasteiger partial charge in [-0.25, -0.2) is 0 Å². The number of alkyl halides is 3. The summed E-state index contributed by atoms with van der Waals surface area (Å²) < 4.78 is 44.7. The number of fused-ring (bicyclic) bond motifs is 1. The maximum atomic E-state index is 12.8. The summed E-state index contributed by atoms with van der Waals surface area (Å²) in [6.07, 6.45) is -3.65. The molecule has 1 aromatic carbocycles. The van der Waals surface area contributed by atoms with Gasteiger partial charge in [-0.1, -0.05) is 19.1 Å². The van der Waals surface area contributed by atoms with Gasteiger partial charge in [-0.2, -0.15) is 18.3 Å². The minimum Gasteiger partial charge on any atom is -0.477 e. The number of ether oxygens (including phenoxy) is 1. The predicted octanol–water partition coefficient (Wildman–Crippen LogP) is 2.22. The van der Waals surface area contributed by atoms with E-state index in [2.05, 4.69) is 10.4 Å². The molecule has 1 aliphatic heterocycles. The highest BCUT2D eigenvalue weighted by Crippen LogP contribution is 2.33. The number of amides is 2. The van der Waals surface area contributed by atoms with E-state index in [1.807, 2.05) is 6.92 Å². The molecule has 10 heteroatoms. The third-order valence-electron chi connectivity index (χ3n) is 4.14. The Morgan fingerprint density at radius 1 is 1.29 bits per heavy atom. The average Bonchev–Trinajstić information content (AvgIpc) is 3.14. The van der Waals surface area contributed by atoms with E-state index in [1.165, 1.54) is 4.90 Å². The summed E-state index contributed by atoms with van der Waals surface area (Å²) in [5.41, 5.74) is -0.616. The number of nitrogens with one attached hydrogen (secondary N) is 1. The summed E-state index contributed by atoms with van der Waals surface area (Å²) >= 11 is 0. The van der Waals surface area contributed by atoms with Crippen molar-refractivity contribution in [2.24, 2.45) is 0 Å². The maximum absolute atomic E-state index is 12.8. The first kappa shape index (κ1) is 19.7. The van der Waals surface area contributed by atoms with Gasteiger partial charge in [0.2, 0.25) is 5.91 Å². The zero-order valence-corrected chi connectivity index (χ0v) is 15.1. The van der Waals surface area contributed by atoms with Crippen molar-refractivity contribution in [3.63, 3.8) is 0 Å². The Kier molecular flexibility index (Phi) is 5.57. The highest BCUT2D eigenvalue weighted by Gasteiger charge is 2.35. The molecule has 0 unspecified atom stereocenters. The second-order valence-corrected chi connectivity index (χ2v) is 6.27. The second kappa shape index (κ2) is 7.91. The zero-order chi connectivity index (χ0) is 20.3. The van der Waals surface area contributed by atoms with Gasteiger partial charge in [-0.05, 0) is 24.6 Å². The van der Waals surface area contributed by atoms with Gasteiger partial charge in [0.05, 0.1) is 12.2 Å². The topological polar surface area (TPSA) is 76.5 Å². The Hall–Kier alpha value is -3.04. The maximum Gasteiger partial charge on any atom is 0.435 e. The normalized spacial score (nSPS) is 16.3. The number of hydrogen-bond donors (Lipinski definition) is 1. The molecule has 2 heterocycles. The second-order valence-electron chi connectivity index (χ2n) is 6.27. The fourth-order valence-corrected chi connectivity index (χ4v) is 2.79. The van der Waals surface area contributed by atoms with Crippen LogP contribution < -0.4 is 15.0 Å². The van der Waals surface area contributed by atoms with Crippen molar-refractivity contribution < 1.29 is 27.5 Å². The standard InChI is InChI=1S/C18H19F3N4O3/c1-2-8-22-17(27)14-10-25(12-5-3-4-6-13(12)28-14)16(26)11-24-9-7-15(23-24)18(19,20)21/h3-7,9,14H,2,8,10-11H2,1H3,(H,22,27)/t14-/m1/s1. The van der Waals surface area contributed by atoms with Crippen LogP contribution in [-0.2, 0) is 22.3 Å². The summed E-state index contributed by atoms with van der Waals surface area (Å²) in [4.78, 5) is 26.4. The lowest BCUT2D eigenvalue weighted by molar-refractivity contribution is -0.141. The molecule has 0 fully saturated rings. The van der Waals surface area contributed by atoms with E-state index in [1.54, 1.807) is 24.3 Å². The van der Waals surface area contributed by atoms with Crippen LogP contribution in [0, 0.1) is 0 Å². The van der Waals surface area contributed by atoms with Gasteiger partial charge in [0, 0.05) is 12.7 Å². The minimum absolute atomic E-state index is 0.0429. The van der Waals surface area contributed by atoms with Crippen LogP contribution >= 0.6 is 0 Å². The first-order valence-corrected chi connectivity index (χ1v) is 8.74. The minimum atomic E-state index is -4.58. The molecule has 2 amide bonds. The number of halogens is 3. The van der Waals surface area contributed by atoms with Crippen molar-refractivity contribution in [1.82, 2.24) is 15.1 Å². The Labute approximate surface area is 159 Å². The molecular weight excluding hydrogens is 377 g/mol. The number of anilines is 1.